The van der Waals surface area contributed by atoms with Crippen molar-refractivity contribution in [3.05, 3.63) is 0 Å². The third-order valence-electron chi connectivity index (χ3n) is 1.63. The Hall–Kier alpha value is -0.920. The molecule has 0 aromatic carbocycles. The van der Waals surface area contributed by atoms with Crippen LogP contribution >= 0.6 is 23.2 Å². The minimum Gasteiger partial charge on any atom is -0.446 e. The largest absolute Gasteiger partial charge is 0.446 e. The molecular formula is C8H15Cl2N3O4. The fourth-order valence-electron chi connectivity index (χ4n) is 0.895. The van der Waals surface area contributed by atoms with Gasteiger partial charge in [0.1, 0.15) is 13.2 Å². The molecule has 2 amide bonds. The van der Waals surface area contributed by atoms with Crippen LogP contribution in [-0.4, -0.2) is 55.1 Å². The number of halogens is 2. The van der Waals surface area contributed by atoms with Crippen LogP contribution in [0.4, 0.5) is 9.59 Å². The minimum absolute atomic E-state index is 0.0622. The lowest BCUT2D eigenvalue weighted by molar-refractivity contribution is 0.0752. The number of amides is 2. The van der Waals surface area contributed by atoms with Crippen molar-refractivity contribution in [1.82, 2.24) is 10.3 Å². The highest BCUT2D eigenvalue weighted by molar-refractivity contribution is 6.18. The van der Waals surface area contributed by atoms with Crippen LogP contribution in [0.3, 0.4) is 0 Å². The van der Waals surface area contributed by atoms with Crippen LogP contribution in [-0.2, 0) is 9.47 Å². The predicted octanol–water partition coefficient (Wildman–Crippen LogP) is 0.503. The number of carbonyl (C=O) groups is 2. The van der Waals surface area contributed by atoms with Gasteiger partial charge in [0.15, 0.2) is 0 Å². The Morgan fingerprint density at radius 3 is 2.12 bits per heavy atom. The fraction of sp³-hybridized carbons (Fsp3) is 0.750. The van der Waals surface area contributed by atoms with Gasteiger partial charge in [-0.1, -0.05) is 0 Å². The van der Waals surface area contributed by atoms with Gasteiger partial charge in [-0.2, -0.15) is 0 Å². The smallest absolute Gasteiger partial charge is 0.421 e. The molecule has 0 aliphatic heterocycles. The van der Waals surface area contributed by atoms with Gasteiger partial charge in [-0.15, -0.1) is 23.2 Å². The van der Waals surface area contributed by atoms with Crippen LogP contribution in [0.15, 0.2) is 0 Å². The zero-order valence-electron chi connectivity index (χ0n) is 9.16. The number of alkyl halides is 2. The Morgan fingerprint density at radius 1 is 1.12 bits per heavy atom. The van der Waals surface area contributed by atoms with Crippen molar-refractivity contribution in [3.63, 3.8) is 0 Å². The normalized spacial score (nSPS) is 9.59. The fourth-order valence-corrected chi connectivity index (χ4v) is 1.30. The van der Waals surface area contributed by atoms with E-state index < -0.39 is 12.2 Å². The summed E-state index contributed by atoms with van der Waals surface area (Å²) in [5.41, 5.74) is 1.77. The van der Waals surface area contributed by atoms with E-state index in [2.05, 4.69) is 4.74 Å². The topological polar surface area (TPSA) is 93.9 Å². The highest BCUT2D eigenvalue weighted by Gasteiger charge is 2.13. The van der Waals surface area contributed by atoms with Gasteiger partial charge < -0.3 is 14.4 Å². The van der Waals surface area contributed by atoms with Crippen molar-refractivity contribution in [2.75, 3.05) is 38.1 Å². The van der Waals surface area contributed by atoms with E-state index in [4.69, 9.17) is 33.8 Å². The summed E-state index contributed by atoms with van der Waals surface area (Å²) in [5.74, 6) is 5.35. The molecule has 0 saturated heterocycles. The first kappa shape index (κ1) is 16.1. The van der Waals surface area contributed by atoms with E-state index in [1.807, 2.05) is 0 Å². The Labute approximate surface area is 109 Å². The second-order valence-corrected chi connectivity index (χ2v) is 3.52. The summed E-state index contributed by atoms with van der Waals surface area (Å²) >= 11 is 11.0. The SMILES string of the molecule is NNC(=O)OCCOC(=O)N(CCCl)CCCl. The average molecular weight is 288 g/mol. The summed E-state index contributed by atoms with van der Waals surface area (Å²) in [7, 11) is 0. The molecule has 7 nitrogen and oxygen atoms in total. The highest BCUT2D eigenvalue weighted by atomic mass is 35.5. The number of hydrogen-bond donors (Lipinski definition) is 2. The van der Waals surface area contributed by atoms with Crippen molar-refractivity contribution in [2.45, 2.75) is 0 Å². The number of ether oxygens (including phenoxy) is 2. The van der Waals surface area contributed by atoms with Crippen molar-refractivity contribution >= 4 is 35.4 Å². The van der Waals surface area contributed by atoms with E-state index in [0.29, 0.717) is 13.1 Å². The summed E-state index contributed by atoms with van der Waals surface area (Å²) in [4.78, 5) is 23.4. The average Bonchev–Trinajstić information content (AvgIpc) is 2.33. The minimum atomic E-state index is -0.792. The molecule has 0 aromatic heterocycles. The van der Waals surface area contributed by atoms with E-state index in [-0.39, 0.29) is 25.0 Å². The Bertz CT molecular complexity index is 237. The third-order valence-corrected chi connectivity index (χ3v) is 1.97. The number of nitrogens with zero attached hydrogens (tertiary/aromatic N) is 1. The Kier molecular flexibility index (Phi) is 9.69. The van der Waals surface area contributed by atoms with Gasteiger partial charge in [-0.3, -0.25) is 5.43 Å². The van der Waals surface area contributed by atoms with Crippen LogP contribution in [0.1, 0.15) is 0 Å². The molecule has 9 heteroatoms. The van der Waals surface area contributed by atoms with Gasteiger partial charge in [-0.25, -0.2) is 15.4 Å². The quantitative estimate of drug-likeness (QED) is 0.234. The molecule has 0 spiro atoms. The standard InChI is InChI=1S/C8H15Cl2N3O4/c9-1-3-13(4-2-10)8(15)17-6-5-16-7(14)12-11/h1-6,11H2,(H,12,14). The third kappa shape index (κ3) is 7.89. The monoisotopic (exact) mass is 287 g/mol. The van der Waals surface area contributed by atoms with Gasteiger partial charge in [-0.05, 0) is 0 Å². The molecule has 3 N–H and O–H groups in total. The van der Waals surface area contributed by atoms with Gasteiger partial charge >= 0.3 is 12.2 Å². The molecular weight excluding hydrogens is 273 g/mol. The maximum Gasteiger partial charge on any atom is 0.421 e. The molecule has 100 valence electrons. The summed E-state index contributed by atoms with van der Waals surface area (Å²) in [5, 5.41) is 0. The first-order valence-electron chi connectivity index (χ1n) is 4.82. The molecule has 0 atom stereocenters. The molecule has 0 bridgehead atoms. The number of nitrogens with one attached hydrogen (secondary N) is 1. The van der Waals surface area contributed by atoms with Crippen molar-refractivity contribution < 1.29 is 19.1 Å². The van der Waals surface area contributed by atoms with Crippen molar-refractivity contribution in [2.24, 2.45) is 5.84 Å². The van der Waals surface area contributed by atoms with Crippen LogP contribution in [0.5, 0.6) is 0 Å². The summed E-state index contributed by atoms with van der Waals surface area (Å²) < 4.78 is 9.35. The number of carbonyl (C=O) groups excluding carboxylic acids is 2. The van der Waals surface area contributed by atoms with Crippen molar-refractivity contribution in [3.8, 4) is 0 Å². The molecule has 0 saturated carbocycles. The van der Waals surface area contributed by atoms with E-state index in [1.54, 1.807) is 5.43 Å². The Morgan fingerprint density at radius 2 is 1.65 bits per heavy atom. The molecule has 0 unspecified atom stereocenters. The zero-order valence-corrected chi connectivity index (χ0v) is 10.7. The number of hydrazine groups is 1. The van der Waals surface area contributed by atoms with Gasteiger partial charge in [0.2, 0.25) is 0 Å². The van der Waals surface area contributed by atoms with E-state index in [1.165, 1.54) is 4.90 Å². The second-order valence-electron chi connectivity index (χ2n) is 2.76. The molecule has 0 radical (unpaired) electrons. The molecule has 0 heterocycles. The van der Waals surface area contributed by atoms with Gasteiger partial charge in [0.05, 0.1) is 0 Å². The molecule has 0 aliphatic rings. The number of hydrogen-bond acceptors (Lipinski definition) is 5. The van der Waals surface area contributed by atoms with Crippen LogP contribution < -0.4 is 11.3 Å². The van der Waals surface area contributed by atoms with Crippen LogP contribution in [0.25, 0.3) is 0 Å². The van der Waals surface area contributed by atoms with E-state index >= 15 is 0 Å². The first-order chi connectivity index (χ1) is 8.15. The number of nitrogens with two attached hydrogens (primary N) is 1. The van der Waals surface area contributed by atoms with Crippen LogP contribution in [0, 0.1) is 0 Å². The lowest BCUT2D eigenvalue weighted by Gasteiger charge is -2.19. The first-order valence-corrected chi connectivity index (χ1v) is 5.89. The maximum atomic E-state index is 11.4. The predicted molar refractivity (Wildman–Crippen MR) is 63.0 cm³/mol. The molecule has 0 rings (SSSR count). The maximum absolute atomic E-state index is 11.4. The van der Waals surface area contributed by atoms with E-state index in [0.717, 1.165) is 0 Å². The Balaban J connectivity index is 3.77. The highest BCUT2D eigenvalue weighted by Crippen LogP contribution is 1.96. The lowest BCUT2D eigenvalue weighted by Crippen LogP contribution is -2.36. The summed E-state index contributed by atoms with van der Waals surface area (Å²) in [6.45, 7) is 0.548. The van der Waals surface area contributed by atoms with Gasteiger partial charge in [0, 0.05) is 24.8 Å². The van der Waals surface area contributed by atoms with E-state index in [9.17, 15) is 9.59 Å². The molecule has 17 heavy (non-hydrogen) atoms. The van der Waals surface area contributed by atoms with Crippen molar-refractivity contribution in [1.29, 1.82) is 0 Å². The van der Waals surface area contributed by atoms with Crippen LogP contribution in [0.2, 0.25) is 0 Å². The lowest BCUT2D eigenvalue weighted by atomic mass is 10.5. The second kappa shape index (κ2) is 10.2. The summed E-state index contributed by atoms with van der Waals surface area (Å²) in [6, 6.07) is 0. The van der Waals surface area contributed by atoms with Gasteiger partial charge in [0.25, 0.3) is 0 Å². The molecule has 0 aromatic rings. The summed E-state index contributed by atoms with van der Waals surface area (Å²) in [6.07, 6.45) is -1.34. The number of rotatable bonds is 7. The molecule has 0 fully saturated rings. The molecule has 0 aliphatic carbocycles. The zero-order chi connectivity index (χ0) is 13.1.